The van der Waals surface area contributed by atoms with Crippen LogP contribution in [0.4, 0.5) is 4.39 Å². The quantitative estimate of drug-likeness (QED) is 0.686. The first kappa shape index (κ1) is 19.8. The first-order chi connectivity index (χ1) is 13.3. The molecule has 7 nitrogen and oxygen atoms in total. The Morgan fingerprint density at radius 2 is 2.04 bits per heavy atom. The van der Waals surface area contributed by atoms with Crippen LogP contribution in [0.2, 0.25) is 0 Å². The summed E-state index contributed by atoms with van der Waals surface area (Å²) in [5.41, 5.74) is 6.95. The maximum Gasteiger partial charge on any atom is 0.303 e. The van der Waals surface area contributed by atoms with E-state index in [1.54, 1.807) is 12.1 Å². The van der Waals surface area contributed by atoms with E-state index in [1.807, 2.05) is 0 Å². The van der Waals surface area contributed by atoms with E-state index < -0.39 is 29.6 Å². The van der Waals surface area contributed by atoms with E-state index in [1.165, 1.54) is 18.3 Å². The van der Waals surface area contributed by atoms with Gasteiger partial charge in [-0.15, -0.1) is 11.6 Å². The summed E-state index contributed by atoms with van der Waals surface area (Å²) >= 11 is 5.82. The molecule has 1 atom stereocenters. The number of halogens is 2. The minimum Gasteiger partial charge on any atom is -0.481 e. The number of amides is 2. The third-order valence-corrected chi connectivity index (χ3v) is 4.96. The lowest BCUT2D eigenvalue weighted by atomic mass is 10.0. The number of hydrogen-bond donors (Lipinski definition) is 2. The Labute approximate surface area is 164 Å². The van der Waals surface area contributed by atoms with Gasteiger partial charge in [-0.3, -0.25) is 19.4 Å². The zero-order valence-corrected chi connectivity index (χ0v) is 15.4. The highest BCUT2D eigenvalue weighted by atomic mass is 35.5. The van der Waals surface area contributed by atoms with Gasteiger partial charge in [0.05, 0.1) is 12.2 Å². The van der Waals surface area contributed by atoms with Crippen molar-refractivity contribution >= 4 is 29.4 Å². The number of rotatable bonds is 7. The van der Waals surface area contributed by atoms with Gasteiger partial charge in [-0.2, -0.15) is 0 Å². The summed E-state index contributed by atoms with van der Waals surface area (Å²) in [6.45, 7) is -0.170. The second kappa shape index (κ2) is 7.93. The molecule has 1 unspecified atom stereocenters. The number of fused-ring (bicyclic) bond motifs is 1. The molecule has 0 saturated heterocycles. The number of benzene rings is 1. The number of carboxylic acids is 1. The first-order valence-corrected chi connectivity index (χ1v) is 9.01. The molecule has 2 amide bonds. The van der Waals surface area contributed by atoms with Crippen molar-refractivity contribution in [2.75, 3.05) is 0 Å². The van der Waals surface area contributed by atoms with Gasteiger partial charge in [0.2, 0.25) is 5.91 Å². The van der Waals surface area contributed by atoms with Crippen LogP contribution in [0.5, 0.6) is 0 Å². The van der Waals surface area contributed by atoms with Crippen LogP contribution in [0.3, 0.4) is 0 Å². The maximum atomic E-state index is 15.2. The van der Waals surface area contributed by atoms with Gasteiger partial charge in [-0.05, 0) is 36.2 Å². The van der Waals surface area contributed by atoms with Crippen LogP contribution in [0, 0.1) is 5.82 Å². The van der Waals surface area contributed by atoms with Crippen molar-refractivity contribution in [2.24, 2.45) is 5.73 Å². The molecule has 9 heteroatoms. The molecule has 0 aliphatic carbocycles. The second-order valence-electron chi connectivity index (χ2n) is 6.42. The van der Waals surface area contributed by atoms with Gasteiger partial charge in [0.15, 0.2) is 0 Å². The number of aliphatic carboxylic acids is 1. The summed E-state index contributed by atoms with van der Waals surface area (Å²) in [7, 11) is 0. The van der Waals surface area contributed by atoms with Crippen LogP contribution in [0.15, 0.2) is 30.5 Å². The largest absolute Gasteiger partial charge is 0.481 e. The maximum absolute atomic E-state index is 15.2. The summed E-state index contributed by atoms with van der Waals surface area (Å²) in [6.07, 6.45) is 1.04. The van der Waals surface area contributed by atoms with Gasteiger partial charge in [-0.1, -0.05) is 0 Å². The lowest BCUT2D eigenvalue weighted by Crippen LogP contribution is -2.45. The van der Waals surface area contributed by atoms with Crippen LogP contribution < -0.4 is 5.73 Å². The zero-order chi connectivity index (χ0) is 20.4. The third-order valence-electron chi connectivity index (χ3n) is 4.65. The molecule has 2 heterocycles. The summed E-state index contributed by atoms with van der Waals surface area (Å²) in [5, 5.41) is 8.84. The number of pyridine rings is 1. The number of carboxylic acid groups (broad SMARTS) is 1. The standard InChI is InChI=1S/C19H17ClFN3O4/c20-8-10-5-6-23-14(7-10)12-2-1-11-13(17(12)21)9-24(19(11)28)15(18(22)27)3-4-16(25)26/h1-2,5-7,15H,3-4,8-9H2,(H2,22,27)(H,25,26). The zero-order valence-electron chi connectivity index (χ0n) is 14.7. The monoisotopic (exact) mass is 405 g/mol. The molecule has 1 aliphatic heterocycles. The molecule has 146 valence electrons. The number of carbonyl (C=O) groups excluding carboxylic acids is 2. The minimum atomic E-state index is -1.13. The molecule has 0 spiro atoms. The minimum absolute atomic E-state index is 0.122. The molecule has 1 aliphatic rings. The van der Waals surface area contributed by atoms with E-state index in [4.69, 9.17) is 22.4 Å². The highest BCUT2D eigenvalue weighted by molar-refractivity contribution is 6.17. The van der Waals surface area contributed by atoms with E-state index in [0.717, 1.165) is 10.5 Å². The van der Waals surface area contributed by atoms with Gasteiger partial charge in [0, 0.05) is 35.2 Å². The van der Waals surface area contributed by atoms with Crippen LogP contribution in [0.1, 0.15) is 34.3 Å². The van der Waals surface area contributed by atoms with E-state index >= 15 is 4.39 Å². The number of alkyl halides is 1. The van der Waals surface area contributed by atoms with Crippen LogP contribution in [-0.4, -0.2) is 38.8 Å². The fraction of sp³-hybridized carbons (Fsp3) is 0.263. The van der Waals surface area contributed by atoms with Crippen molar-refractivity contribution in [3.8, 4) is 11.3 Å². The molecular weight excluding hydrogens is 389 g/mol. The first-order valence-electron chi connectivity index (χ1n) is 8.48. The molecule has 28 heavy (non-hydrogen) atoms. The Morgan fingerprint density at radius 3 is 2.68 bits per heavy atom. The molecule has 3 rings (SSSR count). The van der Waals surface area contributed by atoms with Gasteiger partial charge in [0.25, 0.3) is 5.91 Å². The normalized spacial score (nSPS) is 14.1. The smallest absolute Gasteiger partial charge is 0.303 e. The molecule has 1 aromatic carbocycles. The number of nitrogens with zero attached hydrogens (tertiary/aromatic N) is 2. The number of hydrogen-bond acceptors (Lipinski definition) is 4. The Hall–Kier alpha value is -3.00. The second-order valence-corrected chi connectivity index (χ2v) is 6.69. The van der Waals surface area contributed by atoms with E-state index in [-0.39, 0.29) is 42.0 Å². The summed E-state index contributed by atoms with van der Waals surface area (Å²) in [4.78, 5) is 40.5. The SMILES string of the molecule is NC(=O)C(CCC(=O)O)N1Cc2c(ccc(-c3cc(CCl)ccn3)c2F)C1=O. The van der Waals surface area contributed by atoms with Crippen molar-refractivity contribution in [2.45, 2.75) is 31.3 Å². The highest BCUT2D eigenvalue weighted by Gasteiger charge is 2.37. The Balaban J connectivity index is 1.95. The van der Waals surface area contributed by atoms with Gasteiger partial charge < -0.3 is 15.7 Å². The Morgan fingerprint density at radius 1 is 1.32 bits per heavy atom. The predicted octanol–water partition coefficient (Wildman–Crippen LogP) is 2.30. The van der Waals surface area contributed by atoms with Gasteiger partial charge in [-0.25, -0.2) is 4.39 Å². The van der Waals surface area contributed by atoms with Crippen molar-refractivity contribution in [1.82, 2.24) is 9.88 Å². The summed E-state index contributed by atoms with van der Waals surface area (Å²) < 4.78 is 15.2. The molecule has 0 radical (unpaired) electrons. The summed E-state index contributed by atoms with van der Waals surface area (Å²) in [5.74, 6) is -2.88. The molecular formula is C19H17ClFN3O4. The Bertz CT molecular complexity index is 966. The number of primary amides is 1. The van der Waals surface area contributed by atoms with E-state index in [9.17, 15) is 14.4 Å². The van der Waals surface area contributed by atoms with Gasteiger partial charge in [0.1, 0.15) is 11.9 Å². The average molecular weight is 406 g/mol. The van der Waals surface area contributed by atoms with Gasteiger partial charge >= 0.3 is 5.97 Å². The van der Waals surface area contributed by atoms with E-state index in [2.05, 4.69) is 4.98 Å². The molecule has 3 N–H and O–H groups in total. The summed E-state index contributed by atoms with van der Waals surface area (Å²) in [6, 6.07) is 5.17. The lowest BCUT2D eigenvalue weighted by molar-refractivity contribution is -0.137. The van der Waals surface area contributed by atoms with Crippen molar-refractivity contribution in [1.29, 1.82) is 0 Å². The van der Waals surface area contributed by atoms with Crippen molar-refractivity contribution in [3.05, 3.63) is 53.0 Å². The fourth-order valence-electron chi connectivity index (χ4n) is 3.24. The third kappa shape index (κ3) is 3.68. The number of carbonyl (C=O) groups is 3. The predicted molar refractivity (Wildman–Crippen MR) is 98.9 cm³/mol. The molecule has 0 fully saturated rings. The van der Waals surface area contributed by atoms with Crippen LogP contribution in [-0.2, 0) is 22.0 Å². The fourth-order valence-corrected chi connectivity index (χ4v) is 3.41. The average Bonchev–Trinajstić information content (AvgIpc) is 2.99. The van der Waals surface area contributed by atoms with Crippen molar-refractivity contribution < 1.29 is 23.9 Å². The molecule has 1 aromatic heterocycles. The van der Waals surface area contributed by atoms with Crippen LogP contribution in [0.25, 0.3) is 11.3 Å². The highest BCUT2D eigenvalue weighted by Crippen LogP contribution is 2.33. The Kier molecular flexibility index (Phi) is 5.60. The lowest BCUT2D eigenvalue weighted by Gasteiger charge is -2.24. The van der Waals surface area contributed by atoms with E-state index in [0.29, 0.717) is 5.69 Å². The van der Waals surface area contributed by atoms with Crippen LogP contribution >= 0.6 is 11.6 Å². The number of nitrogens with two attached hydrogens (primary N) is 1. The van der Waals surface area contributed by atoms with Crippen molar-refractivity contribution in [3.63, 3.8) is 0 Å². The molecule has 2 aromatic rings. The number of aromatic nitrogens is 1. The topological polar surface area (TPSA) is 114 Å². The molecule has 0 bridgehead atoms. The molecule has 0 saturated carbocycles.